The number of carbonyl (C=O) groups is 2. The fourth-order valence-electron chi connectivity index (χ4n) is 1.84. The molecule has 1 aliphatic rings. The van der Waals surface area contributed by atoms with E-state index in [1.54, 1.807) is 0 Å². The van der Waals surface area contributed by atoms with E-state index in [4.69, 9.17) is 15.9 Å². The number of aliphatic hydroxyl groups excluding tert-OH is 1. The van der Waals surface area contributed by atoms with Gasteiger partial charge in [-0.2, -0.15) is 0 Å². The Morgan fingerprint density at radius 3 is 2.56 bits per heavy atom. The lowest BCUT2D eigenvalue weighted by Gasteiger charge is -2.29. The van der Waals surface area contributed by atoms with Crippen molar-refractivity contribution >= 4 is 11.9 Å². The van der Waals surface area contributed by atoms with Gasteiger partial charge in [0.15, 0.2) is 6.10 Å². The van der Waals surface area contributed by atoms with Crippen LogP contribution in [0.2, 0.25) is 0 Å². The minimum atomic E-state index is -1.42. The van der Waals surface area contributed by atoms with Crippen LogP contribution in [0, 0.1) is 0 Å². The molecule has 0 aromatic rings. The van der Waals surface area contributed by atoms with Crippen LogP contribution in [0.3, 0.4) is 0 Å². The average Bonchev–Trinajstić information content (AvgIpc) is 2.32. The van der Waals surface area contributed by atoms with Crippen molar-refractivity contribution in [2.75, 3.05) is 26.2 Å². The van der Waals surface area contributed by atoms with Crippen molar-refractivity contribution < 1.29 is 19.8 Å². The van der Waals surface area contributed by atoms with Crippen molar-refractivity contribution in [2.24, 2.45) is 5.73 Å². The van der Waals surface area contributed by atoms with Crippen molar-refractivity contribution in [1.29, 1.82) is 0 Å². The second kappa shape index (κ2) is 7.30. The summed E-state index contributed by atoms with van der Waals surface area (Å²) in [4.78, 5) is 23.9. The predicted octanol–water partition coefficient (Wildman–Crippen LogP) is -1.64. The molecule has 104 valence electrons. The molecule has 0 bridgehead atoms. The summed E-state index contributed by atoms with van der Waals surface area (Å²) < 4.78 is 0. The molecule has 1 unspecified atom stereocenters. The Morgan fingerprint density at radius 1 is 1.39 bits per heavy atom. The summed E-state index contributed by atoms with van der Waals surface area (Å²) in [5.74, 6) is -1.42. The number of rotatable bonds is 6. The molecule has 0 radical (unpaired) electrons. The molecule has 7 nitrogen and oxygen atoms in total. The number of nitrogens with one attached hydrogen (secondary N) is 1. The largest absolute Gasteiger partial charge is 0.479 e. The Labute approximate surface area is 106 Å². The molecular formula is C11H21N3O4. The van der Waals surface area contributed by atoms with Gasteiger partial charge in [-0.15, -0.1) is 0 Å². The lowest BCUT2D eigenvalue weighted by molar-refractivity contribution is -0.147. The number of nitrogens with two attached hydrogens (primary N) is 1. The summed E-state index contributed by atoms with van der Waals surface area (Å²) in [6.45, 7) is 2.09. The van der Waals surface area contributed by atoms with Crippen molar-refractivity contribution in [2.45, 2.75) is 31.4 Å². The van der Waals surface area contributed by atoms with Gasteiger partial charge in [-0.05, 0) is 12.8 Å². The molecular weight excluding hydrogens is 238 g/mol. The van der Waals surface area contributed by atoms with E-state index in [0.29, 0.717) is 6.54 Å². The number of piperidine rings is 1. The van der Waals surface area contributed by atoms with Crippen molar-refractivity contribution in [3.63, 3.8) is 0 Å². The van der Waals surface area contributed by atoms with Gasteiger partial charge in [0.1, 0.15) is 0 Å². The standard InChI is InChI=1S/C11H21N3O4/c12-8-2-5-14(6-3-8)7-10(16)13-4-1-9(15)11(17)18/h8-9,15H,1-7,12H2,(H,13,16)(H,17,18). The van der Waals surface area contributed by atoms with Gasteiger partial charge in [0.25, 0.3) is 0 Å². The SMILES string of the molecule is NC1CCN(CC(=O)NCCC(O)C(=O)O)CC1. The monoisotopic (exact) mass is 259 g/mol. The van der Waals surface area contributed by atoms with E-state index in [1.165, 1.54) is 0 Å². The molecule has 5 N–H and O–H groups in total. The number of nitrogens with zero attached hydrogens (tertiary/aromatic N) is 1. The Hall–Kier alpha value is -1.18. The lowest BCUT2D eigenvalue weighted by atomic mass is 10.1. The van der Waals surface area contributed by atoms with E-state index in [1.807, 2.05) is 4.90 Å². The highest BCUT2D eigenvalue weighted by atomic mass is 16.4. The molecule has 1 heterocycles. The van der Waals surface area contributed by atoms with Crippen LogP contribution in [0.5, 0.6) is 0 Å². The summed E-state index contributed by atoms with van der Waals surface area (Å²) in [6, 6.07) is 0.232. The second-order valence-corrected chi connectivity index (χ2v) is 4.61. The molecule has 0 spiro atoms. The third-order valence-electron chi connectivity index (χ3n) is 3.02. The highest BCUT2D eigenvalue weighted by Gasteiger charge is 2.18. The number of carbonyl (C=O) groups excluding carboxylic acids is 1. The van der Waals surface area contributed by atoms with Crippen LogP contribution in [0.1, 0.15) is 19.3 Å². The number of aliphatic hydroxyl groups is 1. The summed E-state index contributed by atoms with van der Waals surface area (Å²) >= 11 is 0. The van der Waals surface area contributed by atoms with Crippen LogP contribution in [0.15, 0.2) is 0 Å². The van der Waals surface area contributed by atoms with E-state index >= 15 is 0 Å². The Balaban J connectivity index is 2.12. The van der Waals surface area contributed by atoms with Crippen LogP contribution in [0.25, 0.3) is 0 Å². The van der Waals surface area contributed by atoms with E-state index in [2.05, 4.69) is 5.32 Å². The van der Waals surface area contributed by atoms with Gasteiger partial charge in [-0.25, -0.2) is 4.79 Å². The van der Waals surface area contributed by atoms with Crippen molar-refractivity contribution in [3.8, 4) is 0 Å². The van der Waals surface area contributed by atoms with Gasteiger partial charge in [0.05, 0.1) is 6.54 Å². The van der Waals surface area contributed by atoms with Crippen LogP contribution >= 0.6 is 0 Å². The molecule has 1 rings (SSSR count). The van der Waals surface area contributed by atoms with Crippen LogP contribution in [-0.2, 0) is 9.59 Å². The number of carboxylic acids is 1. The summed E-state index contributed by atoms with van der Waals surface area (Å²) in [7, 11) is 0. The zero-order chi connectivity index (χ0) is 13.5. The minimum absolute atomic E-state index is 0.0198. The summed E-state index contributed by atoms with van der Waals surface area (Å²) in [5, 5.41) is 20.1. The van der Waals surface area contributed by atoms with Crippen molar-refractivity contribution in [1.82, 2.24) is 10.2 Å². The van der Waals surface area contributed by atoms with Crippen LogP contribution < -0.4 is 11.1 Å². The molecule has 1 aliphatic heterocycles. The van der Waals surface area contributed by atoms with Crippen molar-refractivity contribution in [3.05, 3.63) is 0 Å². The zero-order valence-corrected chi connectivity index (χ0v) is 10.3. The van der Waals surface area contributed by atoms with E-state index < -0.39 is 12.1 Å². The first kappa shape index (κ1) is 14.9. The smallest absolute Gasteiger partial charge is 0.332 e. The second-order valence-electron chi connectivity index (χ2n) is 4.61. The first-order valence-electron chi connectivity index (χ1n) is 6.14. The zero-order valence-electron chi connectivity index (χ0n) is 10.3. The fourth-order valence-corrected chi connectivity index (χ4v) is 1.84. The number of hydrogen-bond donors (Lipinski definition) is 4. The Morgan fingerprint density at radius 2 is 2.00 bits per heavy atom. The first-order chi connectivity index (χ1) is 8.49. The van der Waals surface area contributed by atoms with E-state index in [0.717, 1.165) is 25.9 Å². The molecule has 0 saturated carbocycles. The van der Waals surface area contributed by atoms with Gasteiger partial charge < -0.3 is 21.3 Å². The maximum absolute atomic E-state index is 11.5. The first-order valence-corrected chi connectivity index (χ1v) is 6.14. The van der Waals surface area contributed by atoms with Gasteiger partial charge in [-0.3, -0.25) is 9.69 Å². The van der Waals surface area contributed by atoms with E-state index in [9.17, 15) is 9.59 Å². The molecule has 1 atom stereocenters. The van der Waals surface area contributed by atoms with Gasteiger partial charge >= 0.3 is 5.97 Å². The maximum Gasteiger partial charge on any atom is 0.332 e. The molecule has 1 fully saturated rings. The third-order valence-corrected chi connectivity index (χ3v) is 3.02. The highest BCUT2D eigenvalue weighted by molar-refractivity contribution is 5.78. The lowest BCUT2D eigenvalue weighted by Crippen LogP contribution is -2.45. The summed E-state index contributed by atoms with van der Waals surface area (Å²) in [6.07, 6.45) is 0.389. The fraction of sp³-hybridized carbons (Fsp3) is 0.818. The topological polar surface area (TPSA) is 116 Å². The van der Waals surface area contributed by atoms with Gasteiger partial charge in [0.2, 0.25) is 5.91 Å². The molecule has 0 aromatic carbocycles. The number of amides is 1. The summed E-state index contributed by atoms with van der Waals surface area (Å²) in [5.41, 5.74) is 5.76. The molecule has 1 saturated heterocycles. The molecule has 18 heavy (non-hydrogen) atoms. The normalized spacial score (nSPS) is 19.4. The quantitative estimate of drug-likeness (QED) is 0.455. The Bertz CT molecular complexity index is 290. The number of hydrogen-bond acceptors (Lipinski definition) is 5. The molecule has 0 aliphatic carbocycles. The highest BCUT2D eigenvalue weighted by Crippen LogP contribution is 2.07. The Kier molecular flexibility index (Phi) is 6.03. The predicted molar refractivity (Wildman–Crippen MR) is 64.9 cm³/mol. The molecule has 0 aromatic heterocycles. The third kappa shape index (κ3) is 5.44. The number of carboxylic acid groups (broad SMARTS) is 1. The molecule has 7 heteroatoms. The minimum Gasteiger partial charge on any atom is -0.479 e. The maximum atomic E-state index is 11.5. The molecule has 1 amide bonds. The van der Waals surface area contributed by atoms with Gasteiger partial charge in [-0.1, -0.05) is 0 Å². The number of aliphatic carboxylic acids is 1. The van der Waals surface area contributed by atoms with E-state index in [-0.39, 0.29) is 24.9 Å². The average molecular weight is 259 g/mol. The van der Waals surface area contributed by atoms with Crippen LogP contribution in [-0.4, -0.2) is 65.3 Å². The van der Waals surface area contributed by atoms with Gasteiger partial charge in [0, 0.05) is 32.1 Å². The van der Waals surface area contributed by atoms with Crippen LogP contribution in [0.4, 0.5) is 0 Å². The number of likely N-dealkylation sites (tertiary alicyclic amines) is 1.